The van der Waals surface area contributed by atoms with Crippen LogP contribution >= 0.6 is 0 Å². The van der Waals surface area contributed by atoms with E-state index in [1.54, 1.807) is 6.07 Å². The fraction of sp³-hybridized carbons (Fsp3) is 0.0714. The molecule has 0 unspecified atom stereocenters. The Morgan fingerprint density at radius 3 is 2.57 bits per heavy atom. The molecule has 0 bridgehead atoms. The Hall–Kier alpha value is -3.09. The van der Waals surface area contributed by atoms with E-state index in [4.69, 9.17) is 14.6 Å². The molecule has 0 aliphatic carbocycles. The van der Waals surface area contributed by atoms with Crippen molar-refractivity contribution in [1.82, 2.24) is 0 Å². The molecule has 0 heterocycles. The topological polar surface area (TPSA) is 98.9 Å². The number of ether oxygens (including phenoxy) is 2. The molecular formula is C14H11NO6. The van der Waals surface area contributed by atoms with Crippen molar-refractivity contribution in [2.24, 2.45) is 0 Å². The molecule has 0 spiro atoms. The number of methoxy groups -OCH3 is 1. The number of rotatable bonds is 5. The quantitative estimate of drug-likeness (QED) is 0.670. The number of nitrogens with zero attached hydrogens (tertiary/aromatic N) is 1. The fourth-order valence-electron chi connectivity index (χ4n) is 1.68. The standard InChI is InChI=1S/C14H11NO6/c1-20-10-5-6-13(12(8-10)14(16)17)21-11-4-2-3-9(7-11)15(18)19/h2-8H,1H3,(H,16,17). The van der Waals surface area contributed by atoms with Gasteiger partial charge in [0.05, 0.1) is 18.1 Å². The molecule has 0 aliphatic heterocycles. The summed E-state index contributed by atoms with van der Waals surface area (Å²) in [4.78, 5) is 21.4. The van der Waals surface area contributed by atoms with Crippen molar-refractivity contribution in [3.63, 3.8) is 0 Å². The van der Waals surface area contributed by atoms with Gasteiger partial charge >= 0.3 is 5.97 Å². The van der Waals surface area contributed by atoms with Crippen LogP contribution in [0.2, 0.25) is 0 Å². The van der Waals surface area contributed by atoms with Crippen LogP contribution in [0.1, 0.15) is 10.4 Å². The number of aromatic carboxylic acids is 1. The van der Waals surface area contributed by atoms with Gasteiger partial charge in [-0.1, -0.05) is 6.07 Å². The van der Waals surface area contributed by atoms with E-state index in [1.807, 2.05) is 0 Å². The lowest BCUT2D eigenvalue weighted by Crippen LogP contribution is -2.01. The van der Waals surface area contributed by atoms with Crippen molar-refractivity contribution in [2.75, 3.05) is 7.11 Å². The van der Waals surface area contributed by atoms with Crippen LogP contribution in [-0.2, 0) is 0 Å². The summed E-state index contributed by atoms with van der Waals surface area (Å²) in [6.45, 7) is 0. The van der Waals surface area contributed by atoms with Crippen molar-refractivity contribution in [1.29, 1.82) is 0 Å². The van der Waals surface area contributed by atoms with Crippen LogP contribution in [0.4, 0.5) is 5.69 Å². The van der Waals surface area contributed by atoms with Gasteiger partial charge in [-0.15, -0.1) is 0 Å². The van der Waals surface area contributed by atoms with Gasteiger partial charge in [-0.05, 0) is 24.3 Å². The Balaban J connectivity index is 2.37. The van der Waals surface area contributed by atoms with E-state index in [2.05, 4.69) is 0 Å². The molecule has 7 heteroatoms. The zero-order chi connectivity index (χ0) is 15.4. The lowest BCUT2D eigenvalue weighted by molar-refractivity contribution is -0.384. The normalized spacial score (nSPS) is 9.95. The summed E-state index contributed by atoms with van der Waals surface area (Å²) in [6.07, 6.45) is 0. The molecule has 7 nitrogen and oxygen atoms in total. The van der Waals surface area contributed by atoms with Gasteiger partial charge in [0.15, 0.2) is 0 Å². The Kier molecular flexibility index (Phi) is 4.03. The van der Waals surface area contributed by atoms with Crippen molar-refractivity contribution in [3.8, 4) is 17.2 Å². The molecule has 0 fully saturated rings. The largest absolute Gasteiger partial charge is 0.497 e. The van der Waals surface area contributed by atoms with E-state index in [-0.39, 0.29) is 22.7 Å². The Labute approximate surface area is 119 Å². The average molecular weight is 289 g/mol. The van der Waals surface area contributed by atoms with Gasteiger partial charge in [0, 0.05) is 6.07 Å². The lowest BCUT2D eigenvalue weighted by Gasteiger charge is -2.10. The smallest absolute Gasteiger partial charge is 0.339 e. The van der Waals surface area contributed by atoms with E-state index in [9.17, 15) is 14.9 Å². The number of hydrogen-bond acceptors (Lipinski definition) is 5. The highest BCUT2D eigenvalue weighted by atomic mass is 16.6. The van der Waals surface area contributed by atoms with Crippen LogP contribution in [-0.4, -0.2) is 23.1 Å². The molecule has 0 saturated carbocycles. The third kappa shape index (κ3) is 3.27. The maximum absolute atomic E-state index is 11.2. The van der Waals surface area contributed by atoms with Gasteiger partial charge in [-0.25, -0.2) is 4.79 Å². The molecule has 0 atom stereocenters. The van der Waals surface area contributed by atoms with Gasteiger partial charge in [0.2, 0.25) is 0 Å². The summed E-state index contributed by atoms with van der Waals surface area (Å²) < 4.78 is 10.4. The van der Waals surface area contributed by atoms with E-state index in [1.165, 1.54) is 43.5 Å². The number of carboxylic acid groups (broad SMARTS) is 1. The van der Waals surface area contributed by atoms with Gasteiger partial charge in [-0.3, -0.25) is 10.1 Å². The summed E-state index contributed by atoms with van der Waals surface area (Å²) >= 11 is 0. The van der Waals surface area contributed by atoms with Crippen molar-refractivity contribution >= 4 is 11.7 Å². The zero-order valence-corrected chi connectivity index (χ0v) is 11.0. The predicted molar refractivity (Wildman–Crippen MR) is 73.1 cm³/mol. The minimum atomic E-state index is -1.19. The molecule has 0 saturated heterocycles. The molecule has 21 heavy (non-hydrogen) atoms. The summed E-state index contributed by atoms with van der Waals surface area (Å²) in [6, 6.07) is 9.78. The van der Waals surface area contributed by atoms with Crippen LogP contribution in [0, 0.1) is 10.1 Å². The number of nitro benzene ring substituents is 1. The molecule has 2 rings (SSSR count). The highest BCUT2D eigenvalue weighted by Crippen LogP contribution is 2.30. The van der Waals surface area contributed by atoms with Gasteiger partial charge < -0.3 is 14.6 Å². The second-order valence-electron chi connectivity index (χ2n) is 4.02. The molecule has 108 valence electrons. The van der Waals surface area contributed by atoms with Crippen molar-refractivity contribution in [3.05, 3.63) is 58.1 Å². The SMILES string of the molecule is COc1ccc(Oc2cccc([N+](=O)[O-])c2)c(C(=O)O)c1. The molecule has 0 radical (unpaired) electrons. The second-order valence-corrected chi connectivity index (χ2v) is 4.02. The second kappa shape index (κ2) is 5.91. The van der Waals surface area contributed by atoms with Crippen molar-refractivity contribution in [2.45, 2.75) is 0 Å². The van der Waals surface area contributed by atoms with Gasteiger partial charge in [0.25, 0.3) is 5.69 Å². The number of nitro groups is 1. The maximum atomic E-state index is 11.2. The summed E-state index contributed by atoms with van der Waals surface area (Å²) in [7, 11) is 1.42. The predicted octanol–water partition coefficient (Wildman–Crippen LogP) is 3.09. The van der Waals surface area contributed by atoms with Crippen LogP contribution in [0.3, 0.4) is 0 Å². The van der Waals surface area contributed by atoms with E-state index in [0.717, 1.165) is 0 Å². The zero-order valence-electron chi connectivity index (χ0n) is 11.0. The molecule has 0 amide bonds. The van der Waals surface area contributed by atoms with Gasteiger partial charge in [-0.2, -0.15) is 0 Å². The summed E-state index contributed by atoms with van der Waals surface area (Å²) in [5.41, 5.74) is -0.237. The first-order valence-electron chi connectivity index (χ1n) is 5.85. The first-order valence-corrected chi connectivity index (χ1v) is 5.85. The molecular weight excluding hydrogens is 278 g/mol. The van der Waals surface area contributed by atoms with Crippen LogP contribution in [0.25, 0.3) is 0 Å². The monoisotopic (exact) mass is 289 g/mol. The number of carboxylic acids is 1. The number of carbonyl (C=O) groups is 1. The molecule has 1 N–H and O–H groups in total. The number of non-ortho nitro benzene ring substituents is 1. The highest BCUT2D eigenvalue weighted by Gasteiger charge is 2.15. The third-order valence-electron chi connectivity index (χ3n) is 2.67. The molecule has 2 aromatic carbocycles. The fourth-order valence-corrected chi connectivity index (χ4v) is 1.68. The van der Waals surface area contributed by atoms with Crippen LogP contribution in [0.15, 0.2) is 42.5 Å². The minimum absolute atomic E-state index is 0.0730. The first kappa shape index (κ1) is 14.3. The van der Waals surface area contributed by atoms with Gasteiger partial charge in [0.1, 0.15) is 22.8 Å². The maximum Gasteiger partial charge on any atom is 0.339 e. The van der Waals surface area contributed by atoms with Crippen LogP contribution < -0.4 is 9.47 Å². The minimum Gasteiger partial charge on any atom is -0.497 e. The molecule has 0 aliphatic rings. The highest BCUT2D eigenvalue weighted by molar-refractivity contribution is 5.91. The van der Waals surface area contributed by atoms with E-state index < -0.39 is 10.9 Å². The third-order valence-corrected chi connectivity index (χ3v) is 2.67. The van der Waals surface area contributed by atoms with Crippen molar-refractivity contribution < 1.29 is 24.3 Å². The molecule has 2 aromatic rings. The molecule has 0 aromatic heterocycles. The first-order chi connectivity index (χ1) is 10.0. The average Bonchev–Trinajstić information content (AvgIpc) is 2.47. The summed E-state index contributed by atoms with van der Waals surface area (Å²) in [5.74, 6) is -0.561. The number of benzene rings is 2. The Bertz CT molecular complexity index is 698. The van der Waals surface area contributed by atoms with E-state index in [0.29, 0.717) is 5.75 Å². The van der Waals surface area contributed by atoms with E-state index >= 15 is 0 Å². The summed E-state index contributed by atoms with van der Waals surface area (Å²) in [5, 5.41) is 19.9. The Morgan fingerprint density at radius 1 is 1.19 bits per heavy atom. The van der Waals surface area contributed by atoms with Crippen LogP contribution in [0.5, 0.6) is 17.2 Å². The Morgan fingerprint density at radius 2 is 1.95 bits per heavy atom. The number of hydrogen-bond donors (Lipinski definition) is 1. The lowest BCUT2D eigenvalue weighted by atomic mass is 10.2.